The highest BCUT2D eigenvalue weighted by molar-refractivity contribution is 14.1. The minimum atomic E-state index is 0.0125. The Kier molecular flexibility index (Phi) is 4.16. The zero-order valence-electron chi connectivity index (χ0n) is 10.4. The van der Waals surface area contributed by atoms with Crippen LogP contribution in [0.25, 0.3) is 0 Å². The highest BCUT2D eigenvalue weighted by Crippen LogP contribution is 2.14. The van der Waals surface area contributed by atoms with Crippen molar-refractivity contribution in [3.05, 3.63) is 61.8 Å². The van der Waals surface area contributed by atoms with Gasteiger partial charge in [0.25, 0.3) is 5.56 Å². The van der Waals surface area contributed by atoms with Crippen molar-refractivity contribution in [1.82, 2.24) is 9.55 Å². The molecule has 2 aromatic rings. The number of hydrogen-bond donors (Lipinski definition) is 0. The maximum absolute atomic E-state index is 11.9. The van der Waals surface area contributed by atoms with Gasteiger partial charge in [0.05, 0.1) is 16.4 Å². The van der Waals surface area contributed by atoms with E-state index in [-0.39, 0.29) is 5.56 Å². The average Bonchev–Trinajstić information content (AvgIpc) is 2.36. The molecular formula is C14H15IN2O. The Morgan fingerprint density at radius 1 is 1.28 bits per heavy atom. The second-order valence-electron chi connectivity index (χ2n) is 4.57. The third kappa shape index (κ3) is 2.98. The van der Waals surface area contributed by atoms with E-state index in [0.717, 1.165) is 5.56 Å². The lowest BCUT2D eigenvalue weighted by atomic mass is 10.0. The molecule has 0 N–H and O–H groups in total. The number of aromatic nitrogens is 2. The molecule has 0 aliphatic rings. The molecule has 2 rings (SSSR count). The molecule has 0 aliphatic carbocycles. The predicted octanol–water partition coefficient (Wildman–Crippen LogP) is 3.02. The van der Waals surface area contributed by atoms with Crippen LogP contribution in [0.4, 0.5) is 0 Å². The number of hydrogen-bond acceptors (Lipinski definition) is 2. The van der Waals surface area contributed by atoms with Gasteiger partial charge in [-0.1, -0.05) is 38.1 Å². The Labute approximate surface area is 120 Å². The van der Waals surface area contributed by atoms with Gasteiger partial charge in [-0.05, 0) is 39.6 Å². The molecule has 94 valence electrons. The zero-order valence-corrected chi connectivity index (χ0v) is 12.6. The van der Waals surface area contributed by atoms with E-state index in [1.807, 2.05) is 22.6 Å². The van der Waals surface area contributed by atoms with E-state index < -0.39 is 0 Å². The van der Waals surface area contributed by atoms with Gasteiger partial charge in [0, 0.05) is 6.20 Å². The molecule has 0 radical (unpaired) electrons. The highest BCUT2D eigenvalue weighted by Gasteiger charge is 2.03. The zero-order chi connectivity index (χ0) is 13.1. The first-order valence-corrected chi connectivity index (χ1v) is 6.94. The second kappa shape index (κ2) is 5.65. The van der Waals surface area contributed by atoms with Crippen molar-refractivity contribution in [1.29, 1.82) is 0 Å². The average molecular weight is 354 g/mol. The summed E-state index contributed by atoms with van der Waals surface area (Å²) < 4.78 is 2.28. The minimum absolute atomic E-state index is 0.0125. The summed E-state index contributed by atoms with van der Waals surface area (Å²) in [6.07, 6.45) is 3.17. The molecule has 1 aromatic heterocycles. The molecule has 0 fully saturated rings. The van der Waals surface area contributed by atoms with Crippen LogP contribution in [0, 0.1) is 3.57 Å². The second-order valence-corrected chi connectivity index (χ2v) is 5.73. The van der Waals surface area contributed by atoms with E-state index in [9.17, 15) is 4.79 Å². The first-order chi connectivity index (χ1) is 8.58. The van der Waals surface area contributed by atoms with Gasteiger partial charge in [-0.25, -0.2) is 4.98 Å². The van der Waals surface area contributed by atoms with Gasteiger partial charge in [0.15, 0.2) is 0 Å². The van der Waals surface area contributed by atoms with Crippen LogP contribution >= 0.6 is 22.6 Å². The van der Waals surface area contributed by atoms with Crippen LogP contribution in [-0.4, -0.2) is 9.55 Å². The largest absolute Gasteiger partial charge is 0.294 e. The smallest absolute Gasteiger partial charge is 0.267 e. The highest BCUT2D eigenvalue weighted by atomic mass is 127. The third-order valence-electron chi connectivity index (χ3n) is 2.86. The Balaban J connectivity index is 2.24. The molecule has 0 aliphatic heterocycles. The van der Waals surface area contributed by atoms with Gasteiger partial charge in [-0.3, -0.25) is 9.36 Å². The van der Waals surface area contributed by atoms with Gasteiger partial charge in [-0.2, -0.15) is 0 Å². The molecule has 1 aromatic carbocycles. The summed E-state index contributed by atoms with van der Waals surface area (Å²) >= 11 is 2.01. The van der Waals surface area contributed by atoms with E-state index in [2.05, 4.69) is 43.1 Å². The van der Waals surface area contributed by atoms with Gasteiger partial charge in [-0.15, -0.1) is 0 Å². The first kappa shape index (κ1) is 13.3. The van der Waals surface area contributed by atoms with Crippen molar-refractivity contribution < 1.29 is 0 Å². The van der Waals surface area contributed by atoms with E-state index in [1.54, 1.807) is 17.1 Å². The molecule has 4 heteroatoms. The lowest BCUT2D eigenvalue weighted by Crippen LogP contribution is -2.22. The molecule has 0 bridgehead atoms. The molecule has 18 heavy (non-hydrogen) atoms. The van der Waals surface area contributed by atoms with Crippen molar-refractivity contribution >= 4 is 22.6 Å². The minimum Gasteiger partial charge on any atom is -0.294 e. The summed E-state index contributed by atoms with van der Waals surface area (Å²) in [6.45, 7) is 4.91. The predicted molar refractivity (Wildman–Crippen MR) is 80.8 cm³/mol. The normalized spacial score (nSPS) is 10.9. The SMILES string of the molecule is CC(C)c1ccc(Cn2cncc(I)c2=O)cc1. The Morgan fingerprint density at radius 2 is 1.94 bits per heavy atom. The molecule has 1 heterocycles. The van der Waals surface area contributed by atoms with E-state index in [1.165, 1.54) is 5.56 Å². The number of rotatable bonds is 3. The molecule has 0 amide bonds. The molecule has 0 unspecified atom stereocenters. The molecule has 0 atom stereocenters. The van der Waals surface area contributed by atoms with Crippen molar-refractivity contribution in [2.24, 2.45) is 0 Å². The molecule has 0 spiro atoms. The monoisotopic (exact) mass is 354 g/mol. The van der Waals surface area contributed by atoms with Crippen LogP contribution in [0.5, 0.6) is 0 Å². The van der Waals surface area contributed by atoms with Crippen LogP contribution in [0.15, 0.2) is 41.6 Å². The molecule has 0 saturated carbocycles. The summed E-state index contributed by atoms with van der Waals surface area (Å²) in [4.78, 5) is 15.9. The maximum atomic E-state index is 11.9. The topological polar surface area (TPSA) is 34.9 Å². The lowest BCUT2D eigenvalue weighted by molar-refractivity contribution is 0.729. The Bertz CT molecular complexity index is 587. The molecule has 0 saturated heterocycles. The molecular weight excluding hydrogens is 339 g/mol. The fraction of sp³-hybridized carbons (Fsp3) is 0.286. The fourth-order valence-corrected chi connectivity index (χ4v) is 2.21. The third-order valence-corrected chi connectivity index (χ3v) is 3.60. The van der Waals surface area contributed by atoms with Crippen molar-refractivity contribution in [3.63, 3.8) is 0 Å². The van der Waals surface area contributed by atoms with E-state index in [4.69, 9.17) is 0 Å². The number of benzene rings is 1. The quantitative estimate of drug-likeness (QED) is 0.795. The summed E-state index contributed by atoms with van der Waals surface area (Å²) in [5.74, 6) is 0.529. The van der Waals surface area contributed by atoms with Crippen molar-refractivity contribution in [3.8, 4) is 0 Å². The van der Waals surface area contributed by atoms with Crippen LogP contribution in [-0.2, 0) is 6.54 Å². The van der Waals surface area contributed by atoms with Crippen molar-refractivity contribution in [2.75, 3.05) is 0 Å². The summed E-state index contributed by atoms with van der Waals surface area (Å²) in [7, 11) is 0. The van der Waals surface area contributed by atoms with Gasteiger partial charge < -0.3 is 0 Å². The van der Waals surface area contributed by atoms with E-state index >= 15 is 0 Å². The Hall–Kier alpha value is -1.17. The summed E-state index contributed by atoms with van der Waals surface area (Å²) in [5, 5.41) is 0. The summed E-state index contributed by atoms with van der Waals surface area (Å²) in [5.41, 5.74) is 2.44. The molecule has 3 nitrogen and oxygen atoms in total. The number of nitrogens with zero attached hydrogens (tertiary/aromatic N) is 2. The fourth-order valence-electron chi connectivity index (χ4n) is 1.74. The lowest BCUT2D eigenvalue weighted by Gasteiger charge is -2.08. The van der Waals surface area contributed by atoms with Crippen LogP contribution < -0.4 is 5.56 Å². The van der Waals surface area contributed by atoms with Crippen LogP contribution in [0.3, 0.4) is 0 Å². The van der Waals surface area contributed by atoms with Crippen molar-refractivity contribution in [2.45, 2.75) is 26.3 Å². The van der Waals surface area contributed by atoms with Crippen LogP contribution in [0.1, 0.15) is 30.9 Å². The maximum Gasteiger partial charge on any atom is 0.267 e. The first-order valence-electron chi connectivity index (χ1n) is 5.86. The standard InChI is InChI=1S/C14H15IN2O/c1-10(2)12-5-3-11(4-6-12)8-17-9-16-7-13(15)14(17)18/h3-7,9-10H,8H2,1-2H3. The van der Waals surface area contributed by atoms with Gasteiger partial charge in [0.2, 0.25) is 0 Å². The van der Waals surface area contributed by atoms with Gasteiger partial charge in [0.1, 0.15) is 0 Å². The number of halogens is 1. The van der Waals surface area contributed by atoms with Gasteiger partial charge >= 0.3 is 0 Å². The summed E-state index contributed by atoms with van der Waals surface area (Å²) in [6, 6.07) is 8.38. The Morgan fingerprint density at radius 3 is 2.56 bits per heavy atom. The van der Waals surface area contributed by atoms with E-state index in [0.29, 0.717) is 16.0 Å². The van der Waals surface area contributed by atoms with Crippen LogP contribution in [0.2, 0.25) is 0 Å².